The standard InChI is InChI=1S/C20H20FNO4/c21-16-7-5-15(6-8-16)17(23)2-1-3-20(24)22-11-10-14-4-9-18-19(12-14)26-13-25-18/h4-9,12H,1-3,10-11,13H2,(H,22,24). The van der Waals surface area contributed by atoms with Gasteiger partial charge in [0.2, 0.25) is 12.7 Å². The molecule has 1 aliphatic heterocycles. The number of amides is 1. The fourth-order valence-electron chi connectivity index (χ4n) is 2.72. The lowest BCUT2D eigenvalue weighted by molar-refractivity contribution is -0.121. The molecule has 1 amide bonds. The molecule has 0 saturated heterocycles. The van der Waals surface area contributed by atoms with Gasteiger partial charge >= 0.3 is 0 Å². The quantitative estimate of drug-likeness (QED) is 0.737. The van der Waals surface area contributed by atoms with Crippen molar-refractivity contribution in [3.05, 3.63) is 59.4 Å². The first kappa shape index (κ1) is 17.9. The smallest absolute Gasteiger partial charge is 0.231 e. The largest absolute Gasteiger partial charge is 0.454 e. The van der Waals surface area contributed by atoms with E-state index in [1.54, 1.807) is 0 Å². The van der Waals surface area contributed by atoms with Crippen molar-refractivity contribution in [2.45, 2.75) is 25.7 Å². The first-order chi connectivity index (χ1) is 12.6. The van der Waals surface area contributed by atoms with Crippen LogP contribution in [0.1, 0.15) is 35.2 Å². The van der Waals surface area contributed by atoms with Crippen LogP contribution in [0.15, 0.2) is 42.5 Å². The predicted octanol–water partition coefficient (Wildman–Crippen LogP) is 3.27. The van der Waals surface area contributed by atoms with Crippen LogP contribution in [0.25, 0.3) is 0 Å². The molecule has 3 rings (SSSR count). The van der Waals surface area contributed by atoms with Crippen LogP contribution in [-0.4, -0.2) is 25.0 Å². The van der Waals surface area contributed by atoms with E-state index in [0.29, 0.717) is 24.9 Å². The number of hydrogen-bond acceptors (Lipinski definition) is 4. The monoisotopic (exact) mass is 357 g/mol. The number of nitrogens with one attached hydrogen (secondary N) is 1. The minimum absolute atomic E-state index is 0.0850. The zero-order valence-corrected chi connectivity index (χ0v) is 14.3. The van der Waals surface area contributed by atoms with Crippen LogP contribution >= 0.6 is 0 Å². The van der Waals surface area contributed by atoms with Gasteiger partial charge in [0, 0.05) is 24.9 Å². The Morgan fingerprint density at radius 2 is 1.77 bits per heavy atom. The third-order valence-electron chi connectivity index (χ3n) is 4.15. The molecule has 136 valence electrons. The van der Waals surface area contributed by atoms with Crippen LogP contribution < -0.4 is 14.8 Å². The summed E-state index contributed by atoms with van der Waals surface area (Å²) in [6.07, 6.45) is 1.71. The molecule has 26 heavy (non-hydrogen) atoms. The SMILES string of the molecule is O=C(CCCC(=O)c1ccc(F)cc1)NCCc1ccc2c(c1)OCO2. The number of carbonyl (C=O) groups excluding carboxylic acids is 2. The minimum Gasteiger partial charge on any atom is -0.454 e. The van der Waals surface area contributed by atoms with Gasteiger partial charge < -0.3 is 14.8 Å². The molecule has 0 aliphatic carbocycles. The van der Waals surface area contributed by atoms with Gasteiger partial charge in [-0.25, -0.2) is 4.39 Å². The van der Waals surface area contributed by atoms with Gasteiger partial charge in [-0.1, -0.05) is 6.07 Å². The van der Waals surface area contributed by atoms with E-state index in [1.165, 1.54) is 24.3 Å². The Morgan fingerprint density at radius 1 is 1.00 bits per heavy atom. The number of rotatable bonds is 8. The number of ketones is 1. The van der Waals surface area contributed by atoms with Crippen molar-refractivity contribution in [3.8, 4) is 11.5 Å². The molecule has 1 heterocycles. The van der Waals surface area contributed by atoms with Gasteiger partial charge in [0.05, 0.1) is 0 Å². The maximum atomic E-state index is 12.8. The molecular formula is C20H20FNO4. The Balaban J connectivity index is 1.34. The van der Waals surface area contributed by atoms with Gasteiger partial charge in [0.1, 0.15) is 5.82 Å². The average Bonchev–Trinajstić information content (AvgIpc) is 3.10. The van der Waals surface area contributed by atoms with Gasteiger partial charge in [-0.05, 0) is 54.8 Å². The summed E-state index contributed by atoms with van der Waals surface area (Å²) < 4.78 is 23.4. The lowest BCUT2D eigenvalue weighted by Gasteiger charge is -2.06. The van der Waals surface area contributed by atoms with E-state index in [0.717, 1.165) is 17.1 Å². The van der Waals surface area contributed by atoms with Crippen molar-refractivity contribution < 1.29 is 23.5 Å². The van der Waals surface area contributed by atoms with Gasteiger partial charge in [0.15, 0.2) is 17.3 Å². The van der Waals surface area contributed by atoms with Crippen LogP contribution in [-0.2, 0) is 11.2 Å². The van der Waals surface area contributed by atoms with E-state index >= 15 is 0 Å². The van der Waals surface area contributed by atoms with Crippen LogP contribution in [0, 0.1) is 5.82 Å². The minimum atomic E-state index is -0.372. The van der Waals surface area contributed by atoms with E-state index in [4.69, 9.17) is 9.47 Å². The van der Waals surface area contributed by atoms with Gasteiger partial charge in [-0.15, -0.1) is 0 Å². The number of halogens is 1. The first-order valence-electron chi connectivity index (χ1n) is 8.56. The summed E-state index contributed by atoms with van der Waals surface area (Å²) in [5.41, 5.74) is 1.52. The average molecular weight is 357 g/mol. The highest BCUT2D eigenvalue weighted by Gasteiger charge is 2.13. The van der Waals surface area contributed by atoms with Crippen molar-refractivity contribution in [3.63, 3.8) is 0 Å². The maximum Gasteiger partial charge on any atom is 0.231 e. The molecule has 0 saturated carbocycles. The van der Waals surface area contributed by atoms with Gasteiger partial charge in [-0.2, -0.15) is 0 Å². The molecule has 0 spiro atoms. The number of hydrogen-bond donors (Lipinski definition) is 1. The van der Waals surface area contributed by atoms with Crippen molar-refractivity contribution in [2.24, 2.45) is 0 Å². The van der Waals surface area contributed by atoms with Gasteiger partial charge in [-0.3, -0.25) is 9.59 Å². The Hall–Kier alpha value is -2.89. The van der Waals surface area contributed by atoms with Crippen molar-refractivity contribution in [2.75, 3.05) is 13.3 Å². The zero-order chi connectivity index (χ0) is 18.4. The summed E-state index contributed by atoms with van der Waals surface area (Å²) in [6.45, 7) is 0.760. The van der Waals surface area contributed by atoms with E-state index in [9.17, 15) is 14.0 Å². The molecule has 6 heteroatoms. The van der Waals surface area contributed by atoms with Crippen molar-refractivity contribution in [1.29, 1.82) is 0 Å². The molecule has 5 nitrogen and oxygen atoms in total. The summed E-state index contributed by atoms with van der Waals surface area (Å²) in [4.78, 5) is 23.8. The first-order valence-corrected chi connectivity index (χ1v) is 8.56. The second kappa shape index (κ2) is 8.47. The molecule has 0 atom stereocenters. The van der Waals surface area contributed by atoms with E-state index in [-0.39, 0.29) is 37.1 Å². The molecule has 0 unspecified atom stereocenters. The third kappa shape index (κ3) is 4.81. The van der Waals surface area contributed by atoms with Crippen LogP contribution in [0.3, 0.4) is 0 Å². The highest BCUT2D eigenvalue weighted by Crippen LogP contribution is 2.32. The maximum absolute atomic E-state index is 12.8. The molecule has 2 aromatic carbocycles. The van der Waals surface area contributed by atoms with E-state index < -0.39 is 0 Å². The molecular weight excluding hydrogens is 337 g/mol. The van der Waals surface area contributed by atoms with E-state index in [2.05, 4.69) is 5.32 Å². The van der Waals surface area contributed by atoms with E-state index in [1.807, 2.05) is 18.2 Å². The summed E-state index contributed by atoms with van der Waals surface area (Å²) in [5, 5.41) is 2.85. The number of carbonyl (C=O) groups is 2. The lowest BCUT2D eigenvalue weighted by atomic mass is 10.1. The summed E-state index contributed by atoms with van der Waals surface area (Å²) in [5.74, 6) is 0.927. The molecule has 2 aromatic rings. The summed E-state index contributed by atoms with van der Waals surface area (Å²) in [6, 6.07) is 11.2. The van der Waals surface area contributed by atoms with Crippen LogP contribution in [0.4, 0.5) is 4.39 Å². The van der Waals surface area contributed by atoms with Crippen molar-refractivity contribution >= 4 is 11.7 Å². The normalized spacial score (nSPS) is 12.0. The van der Waals surface area contributed by atoms with Gasteiger partial charge in [0.25, 0.3) is 0 Å². The molecule has 0 fully saturated rings. The Labute approximate surface area is 151 Å². The second-order valence-electron chi connectivity index (χ2n) is 6.07. The van der Waals surface area contributed by atoms with Crippen molar-refractivity contribution in [1.82, 2.24) is 5.32 Å². The number of fused-ring (bicyclic) bond motifs is 1. The predicted molar refractivity (Wildman–Crippen MR) is 93.9 cm³/mol. The highest BCUT2D eigenvalue weighted by atomic mass is 19.1. The molecule has 0 aromatic heterocycles. The Kier molecular flexibility index (Phi) is 5.84. The number of ether oxygens (including phenoxy) is 2. The fraction of sp³-hybridized carbons (Fsp3) is 0.300. The summed E-state index contributed by atoms with van der Waals surface area (Å²) in [7, 11) is 0. The third-order valence-corrected chi connectivity index (χ3v) is 4.15. The number of Topliss-reactive ketones (excluding diaryl/α,β-unsaturated/α-hetero) is 1. The second-order valence-corrected chi connectivity index (χ2v) is 6.07. The number of benzene rings is 2. The molecule has 1 aliphatic rings. The molecule has 0 radical (unpaired) electrons. The Morgan fingerprint density at radius 3 is 2.58 bits per heavy atom. The summed E-state index contributed by atoms with van der Waals surface area (Å²) >= 11 is 0. The van der Waals surface area contributed by atoms with Crippen LogP contribution in [0.2, 0.25) is 0 Å². The van der Waals surface area contributed by atoms with Crippen LogP contribution in [0.5, 0.6) is 11.5 Å². The lowest BCUT2D eigenvalue weighted by Crippen LogP contribution is -2.25. The Bertz CT molecular complexity index is 789. The molecule has 0 bridgehead atoms. The highest BCUT2D eigenvalue weighted by molar-refractivity contribution is 5.96. The fourth-order valence-corrected chi connectivity index (χ4v) is 2.72. The topological polar surface area (TPSA) is 64.6 Å². The molecule has 1 N–H and O–H groups in total. The zero-order valence-electron chi connectivity index (χ0n) is 14.3.